The van der Waals surface area contributed by atoms with Crippen molar-refractivity contribution in [2.45, 2.75) is 90.6 Å². The first kappa shape index (κ1) is 30.9. The van der Waals surface area contributed by atoms with Gasteiger partial charge in [0.2, 0.25) is 11.8 Å². The van der Waals surface area contributed by atoms with Gasteiger partial charge in [-0.1, -0.05) is 31.0 Å². The molecule has 1 saturated carbocycles. The highest BCUT2D eigenvalue weighted by atomic mass is 32.1. The number of aromatic amines is 1. The summed E-state index contributed by atoms with van der Waals surface area (Å²) < 4.78 is 0. The van der Waals surface area contributed by atoms with E-state index in [1.165, 1.54) is 43.0 Å². The van der Waals surface area contributed by atoms with E-state index in [0.29, 0.717) is 17.9 Å². The van der Waals surface area contributed by atoms with Crippen LogP contribution < -0.4 is 5.32 Å². The summed E-state index contributed by atoms with van der Waals surface area (Å²) in [5.41, 5.74) is 6.56. The highest BCUT2D eigenvalue weighted by molar-refractivity contribution is 7.18. The number of nitrogens with one attached hydrogen (secondary N) is 2. The van der Waals surface area contributed by atoms with Gasteiger partial charge in [-0.25, -0.2) is 0 Å². The molecular weight excluding hydrogens is 579 g/mol. The van der Waals surface area contributed by atoms with Crippen molar-refractivity contribution < 1.29 is 9.59 Å². The number of likely N-dealkylation sites (tertiary alicyclic amines) is 1. The van der Waals surface area contributed by atoms with E-state index in [9.17, 15) is 9.59 Å². The third kappa shape index (κ3) is 5.98. The maximum atomic E-state index is 13.0. The number of fused-ring (bicyclic) bond motifs is 3. The van der Waals surface area contributed by atoms with Crippen LogP contribution in [-0.4, -0.2) is 89.4 Å². The SMILES string of the molecule is Cc1cc(C)cc(-c2[nH]c3sc(C(C)(C)CC4C5CCC4C(=O)N5)cc3c2CCN2CCN(C(C)C(=O)N3CCCC3)CC2)c1. The van der Waals surface area contributed by atoms with Gasteiger partial charge in [0, 0.05) is 68.0 Å². The quantitative estimate of drug-likeness (QED) is 0.310. The molecule has 3 aliphatic heterocycles. The molecule has 2 bridgehead atoms. The summed E-state index contributed by atoms with van der Waals surface area (Å²) in [4.78, 5) is 39.1. The number of piperidine rings is 1. The summed E-state index contributed by atoms with van der Waals surface area (Å²) in [5.74, 6) is 1.24. The lowest BCUT2D eigenvalue weighted by molar-refractivity contribution is -0.136. The minimum Gasteiger partial charge on any atom is -0.353 e. The Balaban J connectivity index is 1.09. The van der Waals surface area contributed by atoms with Crippen LogP contribution in [0.4, 0.5) is 0 Å². The molecule has 2 N–H and O–H groups in total. The monoisotopic (exact) mass is 629 g/mol. The zero-order chi connectivity index (χ0) is 31.5. The predicted molar refractivity (Wildman–Crippen MR) is 184 cm³/mol. The fourth-order valence-corrected chi connectivity index (χ4v) is 10.0. The second-order valence-corrected chi connectivity index (χ2v) is 16.1. The lowest BCUT2D eigenvalue weighted by atomic mass is 9.78. The number of carbonyl (C=O) groups is 2. The van der Waals surface area contributed by atoms with E-state index in [4.69, 9.17) is 0 Å². The van der Waals surface area contributed by atoms with Crippen molar-refractivity contribution in [3.63, 3.8) is 0 Å². The van der Waals surface area contributed by atoms with E-state index in [2.05, 4.69) is 83.9 Å². The van der Waals surface area contributed by atoms with Crippen molar-refractivity contribution in [1.82, 2.24) is 25.0 Å². The van der Waals surface area contributed by atoms with Gasteiger partial charge >= 0.3 is 0 Å². The molecular formula is C37H51N5O2S. The van der Waals surface area contributed by atoms with Gasteiger partial charge in [0.1, 0.15) is 4.83 Å². The number of aryl methyl sites for hydroxylation is 2. The van der Waals surface area contributed by atoms with Crippen molar-refractivity contribution in [3.8, 4) is 11.3 Å². The van der Waals surface area contributed by atoms with E-state index in [-0.39, 0.29) is 23.3 Å². The van der Waals surface area contributed by atoms with E-state index in [0.717, 1.165) is 84.3 Å². The molecule has 5 heterocycles. The summed E-state index contributed by atoms with van der Waals surface area (Å²) in [6.45, 7) is 18.0. The Bertz CT molecular complexity index is 1550. The molecule has 8 heteroatoms. The molecule has 0 spiro atoms. The molecule has 4 fully saturated rings. The number of hydrogen-bond acceptors (Lipinski definition) is 5. The summed E-state index contributed by atoms with van der Waals surface area (Å²) in [5, 5.41) is 4.61. The van der Waals surface area contributed by atoms with E-state index >= 15 is 0 Å². The largest absolute Gasteiger partial charge is 0.353 e. The topological polar surface area (TPSA) is 71.7 Å². The third-order valence-corrected chi connectivity index (χ3v) is 12.8. The predicted octanol–water partition coefficient (Wildman–Crippen LogP) is 5.88. The average Bonchev–Trinajstić information content (AvgIpc) is 3.83. The van der Waals surface area contributed by atoms with Crippen LogP contribution in [0.3, 0.4) is 0 Å². The number of rotatable bonds is 9. The number of piperazine rings is 1. The zero-order valence-electron chi connectivity index (χ0n) is 27.9. The Morgan fingerprint density at radius 2 is 1.71 bits per heavy atom. The Hall–Kier alpha value is -2.68. The Morgan fingerprint density at radius 1 is 1.00 bits per heavy atom. The molecule has 45 heavy (non-hydrogen) atoms. The summed E-state index contributed by atoms with van der Waals surface area (Å²) in [6.07, 6.45) is 6.51. The number of nitrogens with zero attached hydrogens (tertiary/aromatic N) is 3. The molecule has 7 rings (SSSR count). The summed E-state index contributed by atoms with van der Waals surface area (Å²) >= 11 is 1.91. The highest BCUT2D eigenvalue weighted by Crippen LogP contribution is 2.47. The molecule has 1 aliphatic carbocycles. The lowest BCUT2D eigenvalue weighted by Crippen LogP contribution is -2.54. The van der Waals surface area contributed by atoms with Gasteiger partial charge in [-0.2, -0.15) is 0 Å². The van der Waals surface area contributed by atoms with Crippen LogP contribution >= 0.6 is 11.3 Å². The van der Waals surface area contributed by atoms with E-state index in [1.807, 2.05) is 11.3 Å². The van der Waals surface area contributed by atoms with Gasteiger partial charge in [-0.15, -0.1) is 11.3 Å². The first-order valence-electron chi connectivity index (χ1n) is 17.4. The van der Waals surface area contributed by atoms with Crippen LogP contribution in [0, 0.1) is 25.7 Å². The fourth-order valence-electron chi connectivity index (χ4n) is 8.83. The first-order chi connectivity index (χ1) is 21.6. The molecule has 3 aromatic rings. The molecule has 1 aromatic carbocycles. The van der Waals surface area contributed by atoms with E-state index < -0.39 is 0 Å². The molecule has 4 aliphatic rings. The molecule has 2 amide bonds. The molecule has 4 unspecified atom stereocenters. The third-order valence-electron chi connectivity index (χ3n) is 11.4. The highest BCUT2D eigenvalue weighted by Gasteiger charge is 2.49. The van der Waals surface area contributed by atoms with Crippen molar-refractivity contribution in [3.05, 3.63) is 45.8 Å². The summed E-state index contributed by atoms with van der Waals surface area (Å²) in [7, 11) is 0. The van der Waals surface area contributed by atoms with Crippen molar-refractivity contribution >= 4 is 33.4 Å². The van der Waals surface area contributed by atoms with Crippen molar-refractivity contribution in [2.24, 2.45) is 11.8 Å². The van der Waals surface area contributed by atoms with Crippen LogP contribution in [0.1, 0.15) is 74.4 Å². The van der Waals surface area contributed by atoms with Gasteiger partial charge in [-0.3, -0.25) is 14.5 Å². The van der Waals surface area contributed by atoms with Crippen molar-refractivity contribution in [2.75, 3.05) is 45.8 Å². The van der Waals surface area contributed by atoms with Gasteiger partial charge in [-0.05, 0) is 100.0 Å². The van der Waals surface area contributed by atoms with Gasteiger partial charge in [0.25, 0.3) is 0 Å². The van der Waals surface area contributed by atoms with Crippen LogP contribution in [-0.2, 0) is 21.4 Å². The number of amides is 2. The lowest BCUT2D eigenvalue weighted by Gasteiger charge is -2.38. The second kappa shape index (κ2) is 12.2. The van der Waals surface area contributed by atoms with Gasteiger partial charge < -0.3 is 20.1 Å². The normalized spacial score (nSPS) is 25.0. The standard InChI is InChI=1S/C37H51N5O2S/c1-23-18-24(2)20-26(19-23)33-27(10-13-40-14-16-41(17-15-40)25(3)36(44)42-11-6-7-12-42)29-21-32(45-35(29)39-33)37(4,5)22-30-28-8-9-31(30)38-34(28)43/h18-21,25,28,30-31,39H,6-17,22H2,1-5H3,(H,38,43). The van der Waals surface area contributed by atoms with Crippen LogP contribution in [0.5, 0.6) is 0 Å². The zero-order valence-corrected chi connectivity index (χ0v) is 28.7. The average molecular weight is 630 g/mol. The van der Waals surface area contributed by atoms with Gasteiger partial charge in [0.15, 0.2) is 0 Å². The molecule has 0 radical (unpaired) electrons. The molecule has 4 atom stereocenters. The van der Waals surface area contributed by atoms with Crippen molar-refractivity contribution in [1.29, 1.82) is 0 Å². The number of aromatic nitrogens is 1. The fraction of sp³-hybridized carbons (Fsp3) is 0.622. The Morgan fingerprint density at radius 3 is 2.36 bits per heavy atom. The second-order valence-electron chi connectivity index (χ2n) is 15.1. The Kier molecular flexibility index (Phi) is 8.36. The maximum absolute atomic E-state index is 13.0. The first-order valence-corrected chi connectivity index (χ1v) is 18.2. The number of carbonyl (C=O) groups excluding carboxylic acids is 2. The van der Waals surface area contributed by atoms with Crippen LogP contribution in [0.2, 0.25) is 0 Å². The molecule has 242 valence electrons. The van der Waals surface area contributed by atoms with Crippen LogP contribution in [0.15, 0.2) is 24.3 Å². The number of hydrogen-bond donors (Lipinski definition) is 2. The molecule has 2 aromatic heterocycles. The minimum absolute atomic E-state index is 0.0131. The summed E-state index contributed by atoms with van der Waals surface area (Å²) in [6, 6.07) is 9.68. The van der Waals surface area contributed by atoms with Gasteiger partial charge in [0.05, 0.1) is 11.7 Å². The number of benzene rings is 1. The minimum atomic E-state index is -0.0216. The smallest absolute Gasteiger partial charge is 0.239 e. The van der Waals surface area contributed by atoms with E-state index in [1.54, 1.807) is 0 Å². The Labute approximate surface area is 272 Å². The number of H-pyrrole nitrogens is 1. The molecule has 3 saturated heterocycles. The molecule has 7 nitrogen and oxygen atoms in total. The number of thiophene rings is 1. The van der Waals surface area contributed by atoms with Crippen LogP contribution in [0.25, 0.3) is 21.5 Å². The maximum Gasteiger partial charge on any atom is 0.239 e.